The van der Waals surface area contributed by atoms with E-state index in [1.807, 2.05) is 6.92 Å². The summed E-state index contributed by atoms with van der Waals surface area (Å²) in [5, 5.41) is 3.14. The largest absolute Gasteiger partial charge is 0.492 e. The molecule has 0 spiro atoms. The molecule has 0 radical (unpaired) electrons. The van der Waals surface area contributed by atoms with Crippen LogP contribution in [-0.4, -0.2) is 16.6 Å². The topological polar surface area (TPSA) is 67.3 Å². The van der Waals surface area contributed by atoms with Crippen LogP contribution in [0.4, 0.5) is 0 Å². The molecule has 0 aromatic carbocycles. The molecule has 0 atom stereocenters. The first-order valence-corrected chi connectivity index (χ1v) is 6.22. The monoisotopic (exact) mass is 251 g/mol. The molecule has 1 N–H and O–H groups in total. The van der Waals surface area contributed by atoms with Gasteiger partial charge >= 0.3 is 0 Å². The third-order valence-corrected chi connectivity index (χ3v) is 2.64. The Labute approximate surface area is 108 Å². The smallest absolute Gasteiger partial charge is 0.141 e. The summed E-state index contributed by atoms with van der Waals surface area (Å²) in [6.07, 6.45) is 1.80. The van der Waals surface area contributed by atoms with Crippen molar-refractivity contribution in [2.75, 3.05) is 6.61 Å². The number of aryl methyl sites for hydroxylation is 1. The van der Waals surface area contributed by atoms with E-state index in [4.69, 9.17) is 4.74 Å². The first-order valence-electron chi connectivity index (χ1n) is 6.22. The summed E-state index contributed by atoms with van der Waals surface area (Å²) in [7, 11) is 0. The van der Waals surface area contributed by atoms with Crippen LogP contribution in [-0.2, 0) is 16.7 Å². The molecule has 0 fully saturated rings. The molecule has 0 saturated heterocycles. The number of aromatic amines is 1. The van der Waals surface area contributed by atoms with Crippen molar-refractivity contribution >= 4 is 5.76 Å². The van der Waals surface area contributed by atoms with E-state index in [1.165, 1.54) is 0 Å². The quantitative estimate of drug-likeness (QED) is 0.596. The zero-order valence-electron chi connectivity index (χ0n) is 11.5. The van der Waals surface area contributed by atoms with Gasteiger partial charge in [-0.3, -0.25) is 0 Å². The normalized spacial score (nSPS) is 11.3. The van der Waals surface area contributed by atoms with Crippen molar-refractivity contribution in [3.05, 3.63) is 28.7 Å². The lowest BCUT2D eigenvalue weighted by Gasteiger charge is -2.15. The molecule has 0 amide bonds. The first-order chi connectivity index (χ1) is 8.46. The van der Waals surface area contributed by atoms with E-state index in [1.54, 1.807) is 13.8 Å². The molecule has 1 heterocycles. The maximum atomic E-state index is 11.0. The summed E-state index contributed by atoms with van der Waals surface area (Å²) < 4.78 is 5.39. The molecule has 0 aliphatic heterocycles. The standard InChI is InChI=1S/C13H21N3O2/c1-6-8-10-14-11(9(3)18-7-2)12(15-10)13(4,5)16-17/h3,6-8H2,1-2,4-5H3,(H,14,15). The molecule has 5 nitrogen and oxygen atoms in total. The van der Waals surface area contributed by atoms with E-state index < -0.39 is 5.54 Å². The van der Waals surface area contributed by atoms with Gasteiger partial charge in [-0.05, 0) is 27.2 Å². The van der Waals surface area contributed by atoms with Crippen LogP contribution in [0.1, 0.15) is 51.3 Å². The fourth-order valence-electron chi connectivity index (χ4n) is 1.71. The second-order valence-corrected chi connectivity index (χ2v) is 4.66. The first kappa shape index (κ1) is 14.4. The van der Waals surface area contributed by atoms with Crippen LogP contribution in [0.2, 0.25) is 0 Å². The number of H-pyrrole nitrogens is 1. The van der Waals surface area contributed by atoms with Crippen LogP contribution in [0, 0.1) is 4.91 Å². The molecule has 0 saturated carbocycles. The molecule has 1 rings (SSSR count). The van der Waals surface area contributed by atoms with Crippen molar-refractivity contribution in [2.24, 2.45) is 5.18 Å². The van der Waals surface area contributed by atoms with Crippen LogP contribution >= 0.6 is 0 Å². The van der Waals surface area contributed by atoms with Gasteiger partial charge in [0.15, 0.2) is 0 Å². The van der Waals surface area contributed by atoms with Crippen molar-refractivity contribution < 1.29 is 4.74 Å². The van der Waals surface area contributed by atoms with Gasteiger partial charge in [-0.15, -0.1) is 4.91 Å². The average molecular weight is 251 g/mol. The summed E-state index contributed by atoms with van der Waals surface area (Å²) in [6.45, 7) is 11.8. The number of nitrogens with one attached hydrogen (secondary N) is 1. The Balaban J connectivity index is 3.21. The molecule has 5 heteroatoms. The average Bonchev–Trinajstić information content (AvgIpc) is 2.75. The minimum atomic E-state index is -0.891. The lowest BCUT2D eigenvalue weighted by atomic mass is 10.00. The Morgan fingerprint density at radius 3 is 2.67 bits per heavy atom. The van der Waals surface area contributed by atoms with E-state index in [-0.39, 0.29) is 0 Å². The van der Waals surface area contributed by atoms with Crippen LogP contribution in [0.5, 0.6) is 0 Å². The van der Waals surface area contributed by atoms with Gasteiger partial charge in [0.25, 0.3) is 0 Å². The minimum Gasteiger partial charge on any atom is -0.492 e. The Morgan fingerprint density at radius 1 is 1.50 bits per heavy atom. The summed E-state index contributed by atoms with van der Waals surface area (Å²) in [5.74, 6) is 1.33. The molecular weight excluding hydrogens is 230 g/mol. The molecule has 1 aromatic rings. The molecule has 18 heavy (non-hydrogen) atoms. The summed E-state index contributed by atoms with van der Waals surface area (Å²) in [4.78, 5) is 18.6. The number of hydrogen-bond donors (Lipinski definition) is 1. The molecule has 0 unspecified atom stereocenters. The van der Waals surface area contributed by atoms with Crippen molar-refractivity contribution in [2.45, 2.75) is 46.1 Å². The van der Waals surface area contributed by atoms with E-state index in [0.717, 1.165) is 18.7 Å². The number of ether oxygens (including phenoxy) is 1. The Hall–Kier alpha value is -1.65. The van der Waals surface area contributed by atoms with E-state index in [2.05, 4.69) is 28.6 Å². The summed E-state index contributed by atoms with van der Waals surface area (Å²) in [5.41, 5.74) is 0.377. The molecule has 0 bridgehead atoms. The van der Waals surface area contributed by atoms with Crippen molar-refractivity contribution in [3.63, 3.8) is 0 Å². The van der Waals surface area contributed by atoms with Crippen molar-refractivity contribution in [1.82, 2.24) is 9.97 Å². The minimum absolute atomic E-state index is 0.499. The van der Waals surface area contributed by atoms with E-state index in [0.29, 0.717) is 23.8 Å². The third kappa shape index (κ3) is 2.97. The molecule has 1 aromatic heterocycles. The van der Waals surface area contributed by atoms with E-state index >= 15 is 0 Å². The molecule has 0 aliphatic carbocycles. The van der Waals surface area contributed by atoms with Gasteiger partial charge < -0.3 is 9.72 Å². The number of nitrogens with zero attached hydrogens (tertiary/aromatic N) is 2. The highest BCUT2D eigenvalue weighted by Crippen LogP contribution is 2.30. The van der Waals surface area contributed by atoms with Gasteiger partial charge in [0.1, 0.15) is 28.5 Å². The van der Waals surface area contributed by atoms with Gasteiger partial charge in [0.05, 0.1) is 6.61 Å². The van der Waals surface area contributed by atoms with Crippen LogP contribution in [0.15, 0.2) is 11.8 Å². The van der Waals surface area contributed by atoms with Crippen LogP contribution < -0.4 is 0 Å². The lowest BCUT2D eigenvalue weighted by molar-refractivity contribution is 0.296. The van der Waals surface area contributed by atoms with Gasteiger partial charge in [-0.25, -0.2) is 4.98 Å². The second kappa shape index (κ2) is 5.80. The van der Waals surface area contributed by atoms with Gasteiger partial charge in [0, 0.05) is 6.42 Å². The Morgan fingerprint density at radius 2 is 2.17 bits per heavy atom. The number of nitroso groups, excluding NO2 is 1. The van der Waals surface area contributed by atoms with Crippen LogP contribution in [0.25, 0.3) is 5.76 Å². The van der Waals surface area contributed by atoms with Gasteiger partial charge in [-0.2, -0.15) is 0 Å². The van der Waals surface area contributed by atoms with Crippen molar-refractivity contribution in [1.29, 1.82) is 0 Å². The highest BCUT2D eigenvalue weighted by atomic mass is 16.5. The van der Waals surface area contributed by atoms with E-state index in [9.17, 15) is 4.91 Å². The number of aromatic nitrogens is 2. The van der Waals surface area contributed by atoms with Gasteiger partial charge in [-0.1, -0.05) is 18.7 Å². The highest BCUT2D eigenvalue weighted by Gasteiger charge is 2.30. The molecule has 100 valence electrons. The predicted molar refractivity (Wildman–Crippen MR) is 72.1 cm³/mol. The Kier molecular flexibility index (Phi) is 4.64. The molecular formula is C13H21N3O2. The van der Waals surface area contributed by atoms with Gasteiger partial charge in [0.2, 0.25) is 0 Å². The SMILES string of the molecule is C=C(OCC)c1[nH]c(CCC)nc1C(C)(C)N=O. The third-order valence-electron chi connectivity index (χ3n) is 2.64. The fraction of sp³-hybridized carbons (Fsp3) is 0.615. The second-order valence-electron chi connectivity index (χ2n) is 4.66. The maximum Gasteiger partial charge on any atom is 0.141 e. The zero-order valence-corrected chi connectivity index (χ0v) is 11.5. The highest BCUT2D eigenvalue weighted by molar-refractivity contribution is 5.57. The van der Waals surface area contributed by atoms with Crippen LogP contribution in [0.3, 0.4) is 0 Å². The zero-order chi connectivity index (χ0) is 13.8. The van der Waals surface area contributed by atoms with Crippen molar-refractivity contribution in [3.8, 4) is 0 Å². The molecule has 0 aliphatic rings. The predicted octanol–water partition coefficient (Wildman–Crippen LogP) is 3.37. The summed E-state index contributed by atoms with van der Waals surface area (Å²) >= 11 is 0. The number of hydrogen-bond acceptors (Lipinski definition) is 4. The number of rotatable bonds is 7. The lowest BCUT2D eigenvalue weighted by Crippen LogP contribution is -2.16. The number of imidazole rings is 1. The summed E-state index contributed by atoms with van der Waals surface area (Å²) in [6, 6.07) is 0. The fourth-order valence-corrected chi connectivity index (χ4v) is 1.71. The Bertz CT molecular complexity index is 435. The maximum absolute atomic E-state index is 11.0.